The smallest absolute Gasteiger partial charge is 0.191 e. The lowest BCUT2D eigenvalue weighted by Crippen LogP contribution is -2.41. The Balaban J connectivity index is 1.83. The highest BCUT2D eigenvalue weighted by Crippen LogP contribution is 2.14. The second kappa shape index (κ2) is 9.05. The SMILES string of the molecule is CCN(CCNC(=NC)NCc1nnc(C)n1C)c1cccc(C)c1. The van der Waals surface area contributed by atoms with Crippen molar-refractivity contribution in [2.75, 3.05) is 31.6 Å². The minimum Gasteiger partial charge on any atom is -0.370 e. The van der Waals surface area contributed by atoms with Crippen LogP contribution in [-0.4, -0.2) is 47.4 Å². The quantitative estimate of drug-likeness (QED) is 0.591. The molecule has 0 spiro atoms. The number of guanidine groups is 1. The predicted molar refractivity (Wildman–Crippen MR) is 103 cm³/mol. The fraction of sp³-hybridized carbons (Fsp3) is 0.500. The standard InChI is InChI=1S/C18H29N7/c1-6-25(16-9-7-8-14(2)12-16)11-10-20-18(19-4)21-13-17-23-22-15(3)24(17)5/h7-9,12H,6,10-11,13H2,1-5H3,(H2,19,20,21). The highest BCUT2D eigenvalue weighted by Gasteiger charge is 2.07. The molecule has 0 fully saturated rings. The molecule has 0 bridgehead atoms. The zero-order valence-electron chi connectivity index (χ0n) is 15.9. The Labute approximate surface area is 150 Å². The van der Waals surface area contributed by atoms with Gasteiger partial charge in [-0.2, -0.15) is 0 Å². The van der Waals surface area contributed by atoms with E-state index >= 15 is 0 Å². The van der Waals surface area contributed by atoms with Gasteiger partial charge in [-0.15, -0.1) is 10.2 Å². The van der Waals surface area contributed by atoms with Crippen LogP contribution in [0.25, 0.3) is 0 Å². The monoisotopic (exact) mass is 343 g/mol. The molecule has 2 N–H and O–H groups in total. The fourth-order valence-electron chi connectivity index (χ4n) is 2.59. The summed E-state index contributed by atoms with van der Waals surface area (Å²) in [6, 6.07) is 8.59. The number of aryl methyl sites for hydroxylation is 2. The molecule has 0 saturated carbocycles. The Kier molecular flexibility index (Phi) is 6.80. The average molecular weight is 343 g/mol. The third-order valence-corrected chi connectivity index (χ3v) is 4.24. The largest absolute Gasteiger partial charge is 0.370 e. The van der Waals surface area contributed by atoms with Gasteiger partial charge in [0.05, 0.1) is 6.54 Å². The van der Waals surface area contributed by atoms with Crippen LogP contribution in [0.2, 0.25) is 0 Å². The van der Waals surface area contributed by atoms with E-state index in [-0.39, 0.29) is 0 Å². The van der Waals surface area contributed by atoms with Crippen molar-refractivity contribution in [1.82, 2.24) is 25.4 Å². The number of rotatable bonds is 7. The molecule has 2 rings (SSSR count). The molecule has 0 aliphatic rings. The van der Waals surface area contributed by atoms with Crippen molar-refractivity contribution in [3.63, 3.8) is 0 Å². The van der Waals surface area contributed by atoms with Crippen LogP contribution in [0.3, 0.4) is 0 Å². The van der Waals surface area contributed by atoms with Crippen LogP contribution in [0.15, 0.2) is 29.3 Å². The third kappa shape index (κ3) is 5.20. The van der Waals surface area contributed by atoms with Crippen molar-refractivity contribution in [2.24, 2.45) is 12.0 Å². The van der Waals surface area contributed by atoms with Crippen LogP contribution in [0, 0.1) is 13.8 Å². The second-order valence-corrected chi connectivity index (χ2v) is 5.99. The van der Waals surface area contributed by atoms with Crippen molar-refractivity contribution in [3.8, 4) is 0 Å². The van der Waals surface area contributed by atoms with Crippen LogP contribution < -0.4 is 15.5 Å². The van der Waals surface area contributed by atoms with Crippen LogP contribution in [0.5, 0.6) is 0 Å². The zero-order chi connectivity index (χ0) is 18.2. The maximum Gasteiger partial charge on any atom is 0.191 e. The molecule has 2 aromatic rings. The van der Waals surface area contributed by atoms with Crippen molar-refractivity contribution in [2.45, 2.75) is 27.3 Å². The van der Waals surface area contributed by atoms with Gasteiger partial charge in [0, 0.05) is 39.4 Å². The van der Waals surface area contributed by atoms with E-state index in [1.54, 1.807) is 7.05 Å². The molecule has 1 heterocycles. The molecule has 0 saturated heterocycles. The number of aliphatic imine (C=N–C) groups is 1. The van der Waals surface area contributed by atoms with Crippen molar-refractivity contribution >= 4 is 11.6 Å². The first-order valence-corrected chi connectivity index (χ1v) is 8.66. The molecule has 1 aromatic heterocycles. The normalized spacial score (nSPS) is 11.5. The molecule has 7 nitrogen and oxygen atoms in total. The van der Waals surface area contributed by atoms with Crippen molar-refractivity contribution in [1.29, 1.82) is 0 Å². The zero-order valence-corrected chi connectivity index (χ0v) is 15.9. The number of hydrogen-bond donors (Lipinski definition) is 2. The van der Waals surface area contributed by atoms with Crippen molar-refractivity contribution in [3.05, 3.63) is 41.5 Å². The third-order valence-electron chi connectivity index (χ3n) is 4.24. The van der Waals surface area contributed by atoms with Crippen molar-refractivity contribution < 1.29 is 0 Å². The van der Waals surface area contributed by atoms with Crippen LogP contribution in [0.1, 0.15) is 24.1 Å². The highest BCUT2D eigenvalue weighted by atomic mass is 15.3. The maximum atomic E-state index is 4.27. The minimum absolute atomic E-state index is 0.590. The maximum absolute atomic E-state index is 4.27. The van der Waals surface area contributed by atoms with E-state index in [0.717, 1.165) is 37.2 Å². The van der Waals surface area contributed by atoms with Gasteiger partial charge in [0.15, 0.2) is 11.8 Å². The van der Waals surface area contributed by atoms with E-state index in [4.69, 9.17) is 0 Å². The number of aromatic nitrogens is 3. The number of likely N-dealkylation sites (N-methyl/N-ethyl adjacent to an activating group) is 1. The molecule has 0 atom stereocenters. The van der Waals surface area contributed by atoms with Crippen LogP contribution in [-0.2, 0) is 13.6 Å². The topological polar surface area (TPSA) is 70.4 Å². The number of anilines is 1. The average Bonchev–Trinajstić information content (AvgIpc) is 2.93. The van der Waals surface area contributed by atoms with E-state index < -0.39 is 0 Å². The lowest BCUT2D eigenvalue weighted by molar-refractivity contribution is 0.709. The van der Waals surface area contributed by atoms with E-state index in [2.05, 4.69) is 68.8 Å². The van der Waals surface area contributed by atoms with E-state index in [0.29, 0.717) is 6.54 Å². The first kappa shape index (κ1) is 18.8. The van der Waals surface area contributed by atoms with E-state index in [1.807, 2.05) is 18.5 Å². The molecule has 0 radical (unpaired) electrons. The van der Waals surface area contributed by atoms with Gasteiger partial charge in [-0.25, -0.2) is 0 Å². The molecule has 0 aliphatic heterocycles. The lowest BCUT2D eigenvalue weighted by atomic mass is 10.2. The van der Waals surface area contributed by atoms with Gasteiger partial charge in [-0.05, 0) is 38.5 Å². The molecule has 0 amide bonds. The molecular weight excluding hydrogens is 314 g/mol. The van der Waals surface area contributed by atoms with Gasteiger partial charge < -0.3 is 20.1 Å². The first-order valence-electron chi connectivity index (χ1n) is 8.66. The Hall–Kier alpha value is -2.57. The first-order chi connectivity index (χ1) is 12.0. The summed E-state index contributed by atoms with van der Waals surface area (Å²) in [5.74, 6) is 2.55. The number of nitrogens with one attached hydrogen (secondary N) is 2. The molecular formula is C18H29N7. The van der Waals surface area contributed by atoms with Crippen LogP contribution in [0.4, 0.5) is 5.69 Å². The summed E-state index contributed by atoms with van der Waals surface area (Å²) in [5.41, 5.74) is 2.53. The van der Waals surface area contributed by atoms with Gasteiger partial charge in [0.25, 0.3) is 0 Å². The molecule has 0 aliphatic carbocycles. The van der Waals surface area contributed by atoms with E-state index in [9.17, 15) is 0 Å². The van der Waals surface area contributed by atoms with E-state index in [1.165, 1.54) is 11.3 Å². The van der Waals surface area contributed by atoms with Gasteiger partial charge in [-0.3, -0.25) is 4.99 Å². The molecule has 136 valence electrons. The lowest BCUT2D eigenvalue weighted by Gasteiger charge is -2.24. The van der Waals surface area contributed by atoms with Gasteiger partial charge in [0.1, 0.15) is 5.82 Å². The summed E-state index contributed by atoms with van der Waals surface area (Å²) < 4.78 is 1.97. The number of benzene rings is 1. The summed E-state index contributed by atoms with van der Waals surface area (Å²) in [6.07, 6.45) is 0. The summed E-state index contributed by atoms with van der Waals surface area (Å²) >= 11 is 0. The Morgan fingerprint density at radius 2 is 2.04 bits per heavy atom. The second-order valence-electron chi connectivity index (χ2n) is 5.99. The van der Waals surface area contributed by atoms with Gasteiger partial charge in [-0.1, -0.05) is 12.1 Å². The highest BCUT2D eigenvalue weighted by molar-refractivity contribution is 5.79. The number of nitrogens with zero attached hydrogens (tertiary/aromatic N) is 5. The Morgan fingerprint density at radius 3 is 2.64 bits per heavy atom. The number of hydrogen-bond acceptors (Lipinski definition) is 4. The van der Waals surface area contributed by atoms with Gasteiger partial charge >= 0.3 is 0 Å². The van der Waals surface area contributed by atoms with Gasteiger partial charge in [0.2, 0.25) is 0 Å². The fourth-order valence-corrected chi connectivity index (χ4v) is 2.59. The predicted octanol–water partition coefficient (Wildman–Crippen LogP) is 1.62. The summed E-state index contributed by atoms with van der Waals surface area (Å²) in [7, 11) is 3.74. The summed E-state index contributed by atoms with van der Waals surface area (Å²) in [6.45, 7) is 9.50. The Bertz CT molecular complexity index is 705. The molecule has 25 heavy (non-hydrogen) atoms. The molecule has 7 heteroatoms. The van der Waals surface area contributed by atoms with Crippen LogP contribution >= 0.6 is 0 Å². The molecule has 1 aromatic carbocycles. The molecule has 0 unspecified atom stereocenters. The summed E-state index contributed by atoms with van der Waals surface area (Å²) in [4.78, 5) is 6.61. The minimum atomic E-state index is 0.590. The summed E-state index contributed by atoms with van der Waals surface area (Å²) in [5, 5.41) is 14.8. The Morgan fingerprint density at radius 1 is 1.24 bits per heavy atom.